The summed E-state index contributed by atoms with van der Waals surface area (Å²) in [5, 5.41) is 0. The molecule has 2 aromatic heterocycles. The van der Waals surface area contributed by atoms with Gasteiger partial charge in [-0.1, -0.05) is 43.2 Å². The van der Waals surface area contributed by atoms with Crippen LogP contribution in [-0.4, -0.2) is 28.3 Å². The minimum absolute atomic E-state index is 0.115. The van der Waals surface area contributed by atoms with Crippen molar-refractivity contribution in [3.05, 3.63) is 84.2 Å². The number of hydrogen-bond donors (Lipinski definition) is 0. The van der Waals surface area contributed by atoms with Crippen molar-refractivity contribution in [1.82, 2.24) is 9.80 Å². The molecule has 152 valence electrons. The zero-order valence-corrected chi connectivity index (χ0v) is 16.7. The van der Waals surface area contributed by atoms with Crippen molar-refractivity contribution >= 4 is 5.91 Å². The molecule has 0 bridgehead atoms. The normalized spacial score (nSPS) is 14.5. The minimum atomic E-state index is 0.115. The average molecular weight is 392 g/mol. The number of carbonyl (C=O) groups is 1. The van der Waals surface area contributed by atoms with Crippen LogP contribution in [0.1, 0.15) is 42.8 Å². The smallest absolute Gasteiger partial charge is 0.237 e. The van der Waals surface area contributed by atoms with Gasteiger partial charge in [0.2, 0.25) is 5.91 Å². The lowest BCUT2D eigenvalue weighted by Crippen LogP contribution is -2.43. The Morgan fingerprint density at radius 1 is 0.828 bits per heavy atom. The molecule has 0 spiro atoms. The van der Waals surface area contributed by atoms with E-state index >= 15 is 0 Å². The summed E-state index contributed by atoms with van der Waals surface area (Å²) < 4.78 is 11.1. The molecule has 0 atom stereocenters. The lowest BCUT2D eigenvalue weighted by Gasteiger charge is -2.30. The highest BCUT2D eigenvalue weighted by atomic mass is 16.3. The molecule has 1 aliphatic rings. The van der Waals surface area contributed by atoms with E-state index in [0.29, 0.717) is 32.2 Å². The number of amides is 1. The highest BCUT2D eigenvalue weighted by Gasteiger charge is 2.27. The number of carbonyl (C=O) groups excluding carboxylic acids is 1. The summed E-state index contributed by atoms with van der Waals surface area (Å²) in [6.45, 7) is 2.10. The molecule has 1 aromatic carbocycles. The zero-order valence-electron chi connectivity index (χ0n) is 16.7. The van der Waals surface area contributed by atoms with Gasteiger partial charge in [0.05, 0.1) is 32.2 Å². The maximum atomic E-state index is 13.4. The molecule has 5 nitrogen and oxygen atoms in total. The van der Waals surface area contributed by atoms with Gasteiger partial charge < -0.3 is 13.7 Å². The second-order valence-corrected chi connectivity index (χ2v) is 7.74. The highest BCUT2D eigenvalue weighted by molar-refractivity contribution is 5.78. The quantitative estimate of drug-likeness (QED) is 0.522. The molecule has 2 heterocycles. The van der Waals surface area contributed by atoms with Crippen LogP contribution in [0.5, 0.6) is 0 Å². The largest absolute Gasteiger partial charge is 0.468 e. The molecule has 3 aromatic rings. The van der Waals surface area contributed by atoms with Gasteiger partial charge in [-0.3, -0.25) is 9.69 Å². The van der Waals surface area contributed by atoms with Gasteiger partial charge in [0, 0.05) is 12.6 Å². The van der Waals surface area contributed by atoms with Gasteiger partial charge in [-0.2, -0.15) is 0 Å². The van der Waals surface area contributed by atoms with Crippen LogP contribution in [0.3, 0.4) is 0 Å². The molecule has 1 aliphatic carbocycles. The Morgan fingerprint density at radius 2 is 1.48 bits per heavy atom. The molecular formula is C24H28N2O3. The standard InChI is InChI=1S/C24H28N2O3/c27-24(19-25(21-10-4-5-11-21)17-22-12-6-14-28-22)26(18-23-13-7-15-29-23)16-20-8-2-1-3-9-20/h1-3,6-9,12-15,21H,4-5,10-11,16-19H2. The summed E-state index contributed by atoms with van der Waals surface area (Å²) in [6, 6.07) is 18.2. The van der Waals surface area contributed by atoms with E-state index < -0.39 is 0 Å². The summed E-state index contributed by atoms with van der Waals surface area (Å²) >= 11 is 0. The topological polar surface area (TPSA) is 49.8 Å². The van der Waals surface area contributed by atoms with E-state index in [4.69, 9.17) is 8.83 Å². The summed E-state index contributed by atoms with van der Waals surface area (Å²) in [5.41, 5.74) is 1.12. The number of furan rings is 2. The first-order chi connectivity index (χ1) is 14.3. The van der Waals surface area contributed by atoms with E-state index in [1.54, 1.807) is 12.5 Å². The van der Waals surface area contributed by atoms with Gasteiger partial charge in [0.25, 0.3) is 0 Å². The molecule has 1 saturated carbocycles. The third kappa shape index (κ3) is 5.39. The number of nitrogens with zero attached hydrogens (tertiary/aromatic N) is 2. The van der Waals surface area contributed by atoms with E-state index in [2.05, 4.69) is 17.0 Å². The molecule has 0 radical (unpaired) electrons. The van der Waals surface area contributed by atoms with Crippen molar-refractivity contribution in [2.24, 2.45) is 0 Å². The molecule has 29 heavy (non-hydrogen) atoms. The van der Waals surface area contributed by atoms with Gasteiger partial charge in [-0.15, -0.1) is 0 Å². The summed E-state index contributed by atoms with van der Waals surface area (Å²) in [5.74, 6) is 1.82. The van der Waals surface area contributed by atoms with Gasteiger partial charge in [-0.05, 0) is 42.7 Å². The number of benzene rings is 1. The Bertz CT molecular complexity index is 853. The summed E-state index contributed by atoms with van der Waals surface area (Å²) in [7, 11) is 0. The van der Waals surface area contributed by atoms with Crippen molar-refractivity contribution in [2.45, 2.75) is 51.4 Å². The van der Waals surface area contributed by atoms with Gasteiger partial charge in [0.1, 0.15) is 11.5 Å². The van der Waals surface area contributed by atoms with E-state index in [1.807, 2.05) is 47.4 Å². The van der Waals surface area contributed by atoms with Crippen molar-refractivity contribution in [3.63, 3.8) is 0 Å². The molecule has 4 rings (SSSR count). The molecule has 0 unspecified atom stereocenters. The summed E-state index contributed by atoms with van der Waals surface area (Å²) in [4.78, 5) is 17.6. The fourth-order valence-electron chi connectivity index (χ4n) is 4.09. The van der Waals surface area contributed by atoms with Crippen molar-refractivity contribution in [2.75, 3.05) is 6.54 Å². The molecule has 5 heteroatoms. The highest BCUT2D eigenvalue weighted by Crippen LogP contribution is 2.25. The van der Waals surface area contributed by atoms with Crippen LogP contribution in [0.4, 0.5) is 0 Å². The Hall–Kier alpha value is -2.79. The van der Waals surface area contributed by atoms with Gasteiger partial charge in [-0.25, -0.2) is 0 Å². The van der Waals surface area contributed by atoms with Crippen molar-refractivity contribution in [3.8, 4) is 0 Å². The Morgan fingerprint density at radius 3 is 2.10 bits per heavy atom. The van der Waals surface area contributed by atoms with E-state index in [9.17, 15) is 4.79 Å². The predicted octanol–water partition coefficient (Wildman–Crippen LogP) is 4.85. The first kappa shape index (κ1) is 19.5. The van der Waals surface area contributed by atoms with Gasteiger partial charge >= 0.3 is 0 Å². The molecule has 1 fully saturated rings. The van der Waals surface area contributed by atoms with E-state index in [1.165, 1.54) is 12.8 Å². The first-order valence-electron chi connectivity index (χ1n) is 10.4. The van der Waals surface area contributed by atoms with Crippen molar-refractivity contribution < 1.29 is 13.6 Å². The fourth-order valence-corrected chi connectivity index (χ4v) is 4.09. The minimum Gasteiger partial charge on any atom is -0.468 e. The van der Waals surface area contributed by atoms with E-state index in [0.717, 1.165) is 29.9 Å². The fraction of sp³-hybridized carbons (Fsp3) is 0.375. The predicted molar refractivity (Wildman–Crippen MR) is 111 cm³/mol. The van der Waals surface area contributed by atoms with Crippen LogP contribution in [0, 0.1) is 0 Å². The monoisotopic (exact) mass is 392 g/mol. The van der Waals surface area contributed by atoms with Crippen LogP contribution >= 0.6 is 0 Å². The van der Waals surface area contributed by atoms with Crippen LogP contribution in [0.15, 0.2) is 76.0 Å². The van der Waals surface area contributed by atoms with Crippen LogP contribution in [-0.2, 0) is 24.4 Å². The molecule has 0 saturated heterocycles. The molecule has 1 amide bonds. The first-order valence-corrected chi connectivity index (χ1v) is 10.4. The number of rotatable bonds is 9. The van der Waals surface area contributed by atoms with E-state index in [-0.39, 0.29) is 5.91 Å². The molecule has 0 N–H and O–H groups in total. The third-order valence-corrected chi connectivity index (χ3v) is 5.61. The zero-order chi connectivity index (χ0) is 19.9. The maximum Gasteiger partial charge on any atom is 0.237 e. The SMILES string of the molecule is O=C(CN(Cc1ccco1)C1CCCC1)N(Cc1ccccc1)Cc1ccco1. The van der Waals surface area contributed by atoms with Gasteiger partial charge in [0.15, 0.2) is 0 Å². The van der Waals surface area contributed by atoms with Crippen LogP contribution in [0.25, 0.3) is 0 Å². The third-order valence-electron chi connectivity index (χ3n) is 5.61. The Kier molecular flexibility index (Phi) is 6.47. The number of hydrogen-bond acceptors (Lipinski definition) is 4. The Balaban J connectivity index is 1.49. The molecular weight excluding hydrogens is 364 g/mol. The second-order valence-electron chi connectivity index (χ2n) is 7.74. The Labute approximate surface area is 171 Å². The van der Waals surface area contributed by atoms with Crippen molar-refractivity contribution in [1.29, 1.82) is 0 Å². The summed E-state index contributed by atoms with van der Waals surface area (Å²) in [6.07, 6.45) is 8.10. The average Bonchev–Trinajstić information content (AvgIpc) is 3.51. The molecule has 0 aliphatic heterocycles. The second kappa shape index (κ2) is 9.61. The lowest BCUT2D eigenvalue weighted by atomic mass is 10.2. The lowest BCUT2D eigenvalue weighted by molar-refractivity contribution is -0.134. The maximum absolute atomic E-state index is 13.4. The van der Waals surface area contributed by atoms with Crippen LogP contribution < -0.4 is 0 Å². The van der Waals surface area contributed by atoms with Crippen LogP contribution in [0.2, 0.25) is 0 Å².